The van der Waals surface area contributed by atoms with Gasteiger partial charge in [-0.1, -0.05) is 54.1 Å². The molecule has 8 heteroatoms. The normalized spacial score (nSPS) is 20.5. The van der Waals surface area contributed by atoms with E-state index in [2.05, 4.69) is 11.9 Å². The Kier molecular flexibility index (Phi) is 5.77. The molecule has 0 unspecified atom stereocenters. The van der Waals surface area contributed by atoms with Gasteiger partial charge in [0.15, 0.2) is 5.13 Å². The second-order valence-corrected chi connectivity index (χ2v) is 10.8. The monoisotopic (exact) mass is 530 g/mol. The van der Waals surface area contributed by atoms with Crippen molar-refractivity contribution in [2.45, 2.75) is 38.8 Å². The highest BCUT2D eigenvalue weighted by molar-refractivity contribution is 7.22. The minimum absolute atomic E-state index is 0.0402. The van der Waals surface area contributed by atoms with Crippen molar-refractivity contribution in [3.8, 4) is 5.75 Å². The van der Waals surface area contributed by atoms with Gasteiger partial charge in [-0.3, -0.25) is 14.5 Å². The fourth-order valence-electron chi connectivity index (χ4n) is 5.00. The Morgan fingerprint density at radius 1 is 1.14 bits per heavy atom. The van der Waals surface area contributed by atoms with E-state index in [1.165, 1.54) is 16.2 Å². The molecule has 1 amide bonds. The van der Waals surface area contributed by atoms with Gasteiger partial charge < -0.3 is 9.84 Å². The zero-order chi connectivity index (χ0) is 25.8. The first-order chi connectivity index (χ1) is 17.8. The van der Waals surface area contributed by atoms with Gasteiger partial charge in [0, 0.05) is 17.0 Å². The zero-order valence-corrected chi connectivity index (χ0v) is 21.8. The molecule has 0 radical (unpaired) electrons. The van der Waals surface area contributed by atoms with Gasteiger partial charge in [-0.2, -0.15) is 0 Å². The summed E-state index contributed by atoms with van der Waals surface area (Å²) in [5.41, 5.74) is 3.99. The van der Waals surface area contributed by atoms with Crippen molar-refractivity contribution < 1.29 is 19.4 Å². The molecule has 37 heavy (non-hydrogen) atoms. The number of carbonyl (C=O) groups excluding carboxylic acids is 2. The van der Waals surface area contributed by atoms with Gasteiger partial charge in [-0.25, -0.2) is 4.98 Å². The lowest BCUT2D eigenvalue weighted by Crippen LogP contribution is -2.29. The maximum atomic E-state index is 13.5. The van der Waals surface area contributed by atoms with E-state index in [-0.39, 0.29) is 17.4 Å². The van der Waals surface area contributed by atoms with Crippen molar-refractivity contribution in [1.29, 1.82) is 0 Å². The number of rotatable bonds is 4. The highest BCUT2D eigenvalue weighted by Crippen LogP contribution is 2.45. The summed E-state index contributed by atoms with van der Waals surface area (Å²) < 4.78 is 6.59. The van der Waals surface area contributed by atoms with Crippen LogP contribution in [0.3, 0.4) is 0 Å². The largest absolute Gasteiger partial charge is 0.507 e. The number of nitrogens with zero attached hydrogens (tertiary/aromatic N) is 2. The van der Waals surface area contributed by atoms with Gasteiger partial charge in [0.2, 0.25) is 0 Å². The molecule has 1 saturated heterocycles. The van der Waals surface area contributed by atoms with E-state index in [1.54, 1.807) is 30.3 Å². The Morgan fingerprint density at radius 3 is 2.68 bits per heavy atom. The van der Waals surface area contributed by atoms with Crippen molar-refractivity contribution in [3.05, 3.63) is 93.5 Å². The lowest BCUT2D eigenvalue weighted by atomic mass is 9.94. The van der Waals surface area contributed by atoms with Crippen LogP contribution in [-0.4, -0.2) is 27.9 Å². The molecule has 1 N–H and O–H groups in total. The summed E-state index contributed by atoms with van der Waals surface area (Å²) in [4.78, 5) is 33.0. The molecule has 4 aromatic rings. The topological polar surface area (TPSA) is 79.7 Å². The molecule has 2 atom stereocenters. The maximum Gasteiger partial charge on any atom is 0.301 e. The van der Waals surface area contributed by atoms with E-state index in [0.717, 1.165) is 28.0 Å². The smallest absolute Gasteiger partial charge is 0.301 e. The number of anilines is 1. The molecule has 6 nitrogen and oxygen atoms in total. The minimum atomic E-state index is -0.828. The van der Waals surface area contributed by atoms with E-state index >= 15 is 0 Å². The molecule has 3 aromatic carbocycles. The van der Waals surface area contributed by atoms with Crippen molar-refractivity contribution in [1.82, 2.24) is 4.98 Å². The number of halogens is 1. The van der Waals surface area contributed by atoms with Crippen LogP contribution in [0.5, 0.6) is 5.75 Å². The fraction of sp³-hybridized carbons (Fsp3) is 0.207. The molecule has 0 spiro atoms. The molecule has 1 aromatic heterocycles. The number of aliphatic hydroxyl groups is 1. The second kappa shape index (κ2) is 9.01. The zero-order valence-electron chi connectivity index (χ0n) is 20.2. The van der Waals surface area contributed by atoms with E-state index in [1.807, 2.05) is 37.3 Å². The quantitative estimate of drug-likeness (QED) is 0.186. The average molecular weight is 531 g/mol. The molecule has 1 fully saturated rings. The number of hydrogen-bond acceptors (Lipinski definition) is 6. The van der Waals surface area contributed by atoms with E-state index in [0.29, 0.717) is 33.2 Å². The first kappa shape index (κ1) is 23.7. The first-order valence-electron chi connectivity index (χ1n) is 12.1. The first-order valence-corrected chi connectivity index (χ1v) is 13.3. The predicted octanol–water partition coefficient (Wildman–Crippen LogP) is 6.46. The number of fused-ring (bicyclic) bond motifs is 2. The third-order valence-electron chi connectivity index (χ3n) is 6.86. The molecule has 0 bridgehead atoms. The van der Waals surface area contributed by atoms with Gasteiger partial charge >= 0.3 is 5.91 Å². The number of thiazole rings is 1. The third-order valence-corrected chi connectivity index (χ3v) is 8.12. The van der Waals surface area contributed by atoms with Gasteiger partial charge in [0.05, 0.1) is 21.8 Å². The summed E-state index contributed by atoms with van der Waals surface area (Å²) in [5, 5.41) is 12.4. The molecule has 3 heterocycles. The van der Waals surface area contributed by atoms with Gasteiger partial charge in [-0.05, 0) is 66.4 Å². The number of ketones is 1. The second-order valence-electron chi connectivity index (χ2n) is 9.33. The molecular formula is C29H23ClN2O4S. The summed E-state index contributed by atoms with van der Waals surface area (Å²) in [6.07, 6.45) is 1.61. The van der Waals surface area contributed by atoms with Crippen LogP contribution in [0, 0.1) is 0 Å². The lowest BCUT2D eigenvalue weighted by Gasteiger charge is -2.23. The lowest BCUT2D eigenvalue weighted by molar-refractivity contribution is -0.132. The maximum absolute atomic E-state index is 13.5. The highest BCUT2D eigenvalue weighted by Gasteiger charge is 2.48. The average Bonchev–Trinajstić information content (AvgIpc) is 3.55. The Balaban J connectivity index is 1.53. The van der Waals surface area contributed by atoms with Crippen LogP contribution in [0.25, 0.3) is 16.0 Å². The standard InChI is InChI=1S/C29H23ClN2O4S/c1-3-16-4-6-17(7-5-16)25-24(26(33)18-8-11-22-19(13-18)12-15(2)36-22)27(34)28(35)32(25)29-31-21-10-9-20(30)14-23(21)37-29/h4-11,13-15,25,33H,3,12H2,1-2H3/t15-,25-/m1/s1. The van der Waals surface area contributed by atoms with Gasteiger partial charge in [-0.15, -0.1) is 0 Å². The molecule has 2 aliphatic rings. The highest BCUT2D eigenvalue weighted by atomic mass is 35.5. The Labute approximate surface area is 222 Å². The van der Waals surface area contributed by atoms with Crippen molar-refractivity contribution in [3.63, 3.8) is 0 Å². The van der Waals surface area contributed by atoms with Crippen molar-refractivity contribution in [2.75, 3.05) is 4.90 Å². The number of aryl methyl sites for hydroxylation is 1. The molecular weight excluding hydrogens is 508 g/mol. The summed E-state index contributed by atoms with van der Waals surface area (Å²) in [5.74, 6) is -0.917. The summed E-state index contributed by atoms with van der Waals surface area (Å²) in [6, 6.07) is 17.6. The van der Waals surface area contributed by atoms with Crippen LogP contribution >= 0.6 is 22.9 Å². The number of aliphatic hydroxyl groups excluding tert-OH is 1. The number of aromatic nitrogens is 1. The number of ether oxygens (including phenoxy) is 1. The van der Waals surface area contributed by atoms with Crippen LogP contribution in [0.15, 0.2) is 66.2 Å². The number of Topliss-reactive ketones (excluding diaryl/α,β-unsaturated/α-hetero) is 1. The van der Waals surface area contributed by atoms with Crippen LogP contribution in [0.2, 0.25) is 5.02 Å². The number of carbonyl (C=O) groups is 2. The van der Waals surface area contributed by atoms with Crippen molar-refractivity contribution in [2.24, 2.45) is 0 Å². The SMILES string of the molecule is CCc1ccc([C@@H]2C(=C(O)c3ccc4c(c3)C[C@@H](C)O4)C(=O)C(=O)N2c2nc3ccc(Cl)cc3s2)cc1. The van der Waals surface area contributed by atoms with Gasteiger partial charge in [0.25, 0.3) is 5.78 Å². The number of hydrogen-bond donors (Lipinski definition) is 1. The van der Waals surface area contributed by atoms with Crippen LogP contribution in [0.4, 0.5) is 5.13 Å². The summed E-state index contributed by atoms with van der Waals surface area (Å²) in [6.45, 7) is 4.04. The van der Waals surface area contributed by atoms with Crippen LogP contribution in [0.1, 0.15) is 42.1 Å². The fourth-order valence-corrected chi connectivity index (χ4v) is 6.26. The molecule has 0 aliphatic carbocycles. The molecule has 186 valence electrons. The van der Waals surface area contributed by atoms with Crippen LogP contribution in [-0.2, 0) is 22.4 Å². The molecule has 0 saturated carbocycles. The predicted molar refractivity (Wildman–Crippen MR) is 145 cm³/mol. The summed E-state index contributed by atoms with van der Waals surface area (Å²) in [7, 11) is 0. The Morgan fingerprint density at radius 2 is 1.92 bits per heavy atom. The van der Waals surface area contributed by atoms with Gasteiger partial charge in [0.1, 0.15) is 17.6 Å². The number of amides is 1. The molecule has 6 rings (SSSR count). The molecule has 2 aliphatic heterocycles. The Bertz CT molecular complexity index is 1610. The third kappa shape index (κ3) is 3.99. The van der Waals surface area contributed by atoms with E-state index in [4.69, 9.17) is 16.3 Å². The number of benzene rings is 3. The minimum Gasteiger partial charge on any atom is -0.507 e. The Hall–Kier alpha value is -3.68. The van der Waals surface area contributed by atoms with E-state index < -0.39 is 17.7 Å². The van der Waals surface area contributed by atoms with Crippen molar-refractivity contribution >= 4 is 55.7 Å². The van der Waals surface area contributed by atoms with Crippen LogP contribution < -0.4 is 9.64 Å². The van der Waals surface area contributed by atoms with E-state index in [9.17, 15) is 14.7 Å². The summed E-state index contributed by atoms with van der Waals surface area (Å²) >= 11 is 7.45.